The molecule has 0 bridgehead atoms. The summed E-state index contributed by atoms with van der Waals surface area (Å²) >= 11 is 7.09. The van der Waals surface area contributed by atoms with E-state index in [0.29, 0.717) is 24.8 Å². The highest BCUT2D eigenvalue weighted by Gasteiger charge is 2.22. The third-order valence-electron chi connectivity index (χ3n) is 3.51. The first-order valence-corrected chi connectivity index (χ1v) is 8.00. The van der Waals surface area contributed by atoms with Crippen LogP contribution >= 0.6 is 23.1 Å². The van der Waals surface area contributed by atoms with E-state index in [-0.39, 0.29) is 5.15 Å². The van der Waals surface area contributed by atoms with E-state index in [2.05, 4.69) is 20.7 Å². The summed E-state index contributed by atoms with van der Waals surface area (Å²) in [6.07, 6.45) is 1.48. The summed E-state index contributed by atoms with van der Waals surface area (Å²) < 4.78 is 8.93. The van der Waals surface area contributed by atoms with Gasteiger partial charge < -0.3 is 20.1 Å². The molecule has 0 saturated carbocycles. The van der Waals surface area contributed by atoms with Gasteiger partial charge >= 0.3 is 0 Å². The summed E-state index contributed by atoms with van der Waals surface area (Å²) in [6, 6.07) is 2.39. The van der Waals surface area contributed by atoms with Gasteiger partial charge in [-0.1, -0.05) is 11.6 Å². The maximum atomic E-state index is 9.73. The van der Waals surface area contributed by atoms with Crippen LogP contribution in [0.2, 0.25) is 5.15 Å². The Labute approximate surface area is 133 Å². The number of nitriles is 1. The van der Waals surface area contributed by atoms with E-state index in [1.54, 1.807) is 7.11 Å². The zero-order chi connectivity index (χ0) is 15.2. The minimum absolute atomic E-state index is 0.269. The lowest BCUT2D eigenvalue weighted by Crippen LogP contribution is -2.43. The van der Waals surface area contributed by atoms with Crippen molar-refractivity contribution in [3.63, 3.8) is 0 Å². The van der Waals surface area contributed by atoms with E-state index in [0.717, 1.165) is 30.9 Å². The molecule has 0 aliphatic carbocycles. The van der Waals surface area contributed by atoms with Crippen molar-refractivity contribution >= 4 is 28.1 Å². The standard InChI is InChI=1S/C13H19ClN4O2S/c1-20-8-10(19)7-18-4-2-9(3-5-18)16-13-11(6-15)12(14)17-21-13/h9-10,16,19H,2-5,7-8H2,1H3. The number of hydrogen-bond acceptors (Lipinski definition) is 7. The number of hydrogen-bond donors (Lipinski definition) is 2. The molecule has 116 valence electrons. The maximum absolute atomic E-state index is 9.73. The molecule has 0 spiro atoms. The number of aliphatic hydroxyl groups excluding tert-OH is 1. The lowest BCUT2D eigenvalue weighted by molar-refractivity contribution is 0.0327. The van der Waals surface area contributed by atoms with Crippen LogP contribution in [0.4, 0.5) is 5.00 Å². The first-order chi connectivity index (χ1) is 10.1. The van der Waals surface area contributed by atoms with Crippen LogP contribution in [-0.2, 0) is 4.74 Å². The average molecular weight is 331 g/mol. The molecule has 1 aliphatic heterocycles. The zero-order valence-electron chi connectivity index (χ0n) is 11.9. The predicted molar refractivity (Wildman–Crippen MR) is 82.8 cm³/mol. The molecule has 0 aromatic carbocycles. The van der Waals surface area contributed by atoms with Gasteiger partial charge in [0.25, 0.3) is 0 Å². The third kappa shape index (κ3) is 4.53. The van der Waals surface area contributed by atoms with Gasteiger partial charge in [0.1, 0.15) is 16.6 Å². The molecule has 6 nitrogen and oxygen atoms in total. The average Bonchev–Trinajstić information content (AvgIpc) is 2.81. The second-order valence-corrected chi connectivity index (χ2v) is 6.25. The van der Waals surface area contributed by atoms with E-state index >= 15 is 0 Å². The number of aromatic nitrogens is 1. The van der Waals surface area contributed by atoms with Crippen molar-refractivity contribution in [2.45, 2.75) is 25.0 Å². The summed E-state index contributed by atoms with van der Waals surface area (Å²) in [5.41, 5.74) is 0.430. The fraction of sp³-hybridized carbons (Fsp3) is 0.692. The van der Waals surface area contributed by atoms with Crippen LogP contribution in [0.1, 0.15) is 18.4 Å². The molecule has 1 aromatic heterocycles. The molecular weight excluding hydrogens is 312 g/mol. The minimum Gasteiger partial charge on any atom is -0.389 e. The van der Waals surface area contributed by atoms with Gasteiger partial charge in [0.2, 0.25) is 0 Å². The molecule has 2 heterocycles. The maximum Gasteiger partial charge on any atom is 0.162 e. The van der Waals surface area contributed by atoms with Crippen LogP contribution in [-0.4, -0.2) is 59.9 Å². The van der Waals surface area contributed by atoms with Gasteiger partial charge in [-0.15, -0.1) is 0 Å². The first-order valence-electron chi connectivity index (χ1n) is 6.85. The number of methoxy groups -OCH3 is 1. The van der Waals surface area contributed by atoms with Crippen LogP contribution in [0.15, 0.2) is 0 Å². The molecular formula is C13H19ClN4O2S. The number of piperidine rings is 1. The second-order valence-electron chi connectivity index (χ2n) is 5.12. The summed E-state index contributed by atoms with van der Waals surface area (Å²) in [7, 11) is 1.59. The highest BCUT2D eigenvalue weighted by atomic mass is 35.5. The van der Waals surface area contributed by atoms with Gasteiger partial charge in [0.15, 0.2) is 5.15 Å². The van der Waals surface area contributed by atoms with Gasteiger partial charge in [0, 0.05) is 32.8 Å². The number of nitrogens with zero attached hydrogens (tertiary/aromatic N) is 3. The Kier molecular flexibility index (Phi) is 6.21. The molecule has 1 fully saturated rings. The largest absolute Gasteiger partial charge is 0.389 e. The van der Waals surface area contributed by atoms with Gasteiger partial charge in [0.05, 0.1) is 12.7 Å². The molecule has 8 heteroatoms. The van der Waals surface area contributed by atoms with Crippen LogP contribution in [0.3, 0.4) is 0 Å². The zero-order valence-corrected chi connectivity index (χ0v) is 13.5. The second kappa shape index (κ2) is 7.92. The Balaban J connectivity index is 1.80. The minimum atomic E-state index is -0.440. The lowest BCUT2D eigenvalue weighted by atomic mass is 10.0. The molecule has 1 aliphatic rings. The molecule has 21 heavy (non-hydrogen) atoms. The molecule has 1 saturated heterocycles. The number of halogens is 1. The van der Waals surface area contributed by atoms with Crippen molar-refractivity contribution < 1.29 is 9.84 Å². The molecule has 2 rings (SSSR count). The van der Waals surface area contributed by atoms with E-state index in [4.69, 9.17) is 21.6 Å². The van der Waals surface area contributed by atoms with Gasteiger partial charge in [-0.3, -0.25) is 0 Å². The first kappa shape index (κ1) is 16.5. The monoisotopic (exact) mass is 330 g/mol. The molecule has 0 radical (unpaired) electrons. The van der Waals surface area contributed by atoms with Crippen LogP contribution < -0.4 is 5.32 Å². The van der Waals surface area contributed by atoms with Gasteiger partial charge in [-0.25, -0.2) is 0 Å². The Morgan fingerprint density at radius 3 is 2.95 bits per heavy atom. The van der Waals surface area contributed by atoms with Crippen molar-refractivity contribution in [2.24, 2.45) is 0 Å². The fourth-order valence-corrected chi connectivity index (χ4v) is 3.47. The van der Waals surface area contributed by atoms with Crippen LogP contribution in [0.5, 0.6) is 0 Å². The molecule has 1 unspecified atom stereocenters. The summed E-state index contributed by atoms with van der Waals surface area (Å²) in [4.78, 5) is 2.23. The normalized spacial score (nSPS) is 18.4. The Hall–Kier alpha value is -0.910. The van der Waals surface area contributed by atoms with Crippen molar-refractivity contribution in [3.05, 3.63) is 10.7 Å². The molecule has 1 aromatic rings. The van der Waals surface area contributed by atoms with E-state index < -0.39 is 6.10 Å². The number of aliphatic hydroxyl groups is 1. The smallest absolute Gasteiger partial charge is 0.162 e. The summed E-state index contributed by atoms with van der Waals surface area (Å²) in [5, 5.41) is 23.2. The SMILES string of the molecule is COCC(O)CN1CCC(Nc2snc(Cl)c2C#N)CC1. The Morgan fingerprint density at radius 2 is 2.33 bits per heavy atom. The number of anilines is 1. The predicted octanol–water partition coefficient (Wildman–Crippen LogP) is 1.55. The van der Waals surface area contributed by atoms with Gasteiger partial charge in [-0.2, -0.15) is 9.64 Å². The van der Waals surface area contributed by atoms with Crippen molar-refractivity contribution in [3.8, 4) is 6.07 Å². The van der Waals surface area contributed by atoms with Crippen molar-refractivity contribution in [1.82, 2.24) is 9.27 Å². The Bertz CT molecular complexity index is 497. The number of rotatable bonds is 6. The van der Waals surface area contributed by atoms with Crippen molar-refractivity contribution in [1.29, 1.82) is 5.26 Å². The van der Waals surface area contributed by atoms with E-state index in [1.807, 2.05) is 0 Å². The van der Waals surface area contributed by atoms with Crippen LogP contribution in [0, 0.1) is 11.3 Å². The number of likely N-dealkylation sites (tertiary alicyclic amines) is 1. The highest BCUT2D eigenvalue weighted by molar-refractivity contribution is 7.10. The highest BCUT2D eigenvalue weighted by Crippen LogP contribution is 2.29. The van der Waals surface area contributed by atoms with E-state index in [9.17, 15) is 5.11 Å². The number of nitrogens with one attached hydrogen (secondary N) is 1. The van der Waals surface area contributed by atoms with Crippen LogP contribution in [0.25, 0.3) is 0 Å². The lowest BCUT2D eigenvalue weighted by Gasteiger charge is -2.33. The molecule has 0 amide bonds. The van der Waals surface area contributed by atoms with Gasteiger partial charge in [-0.05, 0) is 24.4 Å². The van der Waals surface area contributed by atoms with Crippen molar-refractivity contribution in [2.75, 3.05) is 38.7 Å². The summed E-state index contributed by atoms with van der Waals surface area (Å²) in [6.45, 7) is 2.82. The quantitative estimate of drug-likeness (QED) is 0.823. The summed E-state index contributed by atoms with van der Waals surface area (Å²) in [5.74, 6) is 0. The number of β-amino-alcohol motifs (C(OH)–C–C–N with tert-alkyl or cyclic N) is 1. The Morgan fingerprint density at radius 1 is 1.62 bits per heavy atom. The third-order valence-corrected chi connectivity index (χ3v) is 4.67. The molecule has 1 atom stereocenters. The number of ether oxygens (including phenoxy) is 1. The molecule has 2 N–H and O–H groups in total. The van der Waals surface area contributed by atoms with E-state index in [1.165, 1.54) is 11.5 Å². The topological polar surface area (TPSA) is 81.4 Å². The fourth-order valence-electron chi connectivity index (χ4n) is 2.45.